The zero-order valence-electron chi connectivity index (χ0n) is 10.3. The van der Waals surface area contributed by atoms with E-state index in [9.17, 15) is 4.79 Å². The van der Waals surface area contributed by atoms with Crippen molar-refractivity contribution in [2.75, 3.05) is 13.2 Å². The molecule has 0 aromatic heterocycles. The van der Waals surface area contributed by atoms with Gasteiger partial charge in [-0.3, -0.25) is 0 Å². The van der Waals surface area contributed by atoms with Crippen molar-refractivity contribution < 1.29 is 19.0 Å². The Morgan fingerprint density at radius 1 is 1.35 bits per heavy atom. The lowest BCUT2D eigenvalue weighted by Gasteiger charge is -2.27. The summed E-state index contributed by atoms with van der Waals surface area (Å²) in [6.07, 6.45) is -0.664. The number of carbonyl (C=O) groups is 1. The molecule has 1 atom stereocenters. The molecule has 1 aliphatic rings. The number of hydrogen-bond donors (Lipinski definition) is 0. The van der Waals surface area contributed by atoms with E-state index in [-0.39, 0.29) is 12.6 Å². The van der Waals surface area contributed by atoms with Gasteiger partial charge < -0.3 is 14.2 Å². The second-order valence-electron chi connectivity index (χ2n) is 4.03. The van der Waals surface area contributed by atoms with E-state index in [1.165, 1.54) is 0 Å². The van der Waals surface area contributed by atoms with Crippen LogP contribution in [0, 0.1) is 13.8 Å². The van der Waals surface area contributed by atoms with Gasteiger partial charge in [-0.25, -0.2) is 4.79 Å². The average Bonchev–Trinajstić information content (AvgIpc) is 2.34. The van der Waals surface area contributed by atoms with E-state index >= 15 is 0 Å². The Bertz CT molecular complexity index is 439. The van der Waals surface area contributed by atoms with E-state index in [2.05, 4.69) is 0 Å². The number of hydrogen-bond acceptors (Lipinski definition) is 4. The van der Waals surface area contributed by atoms with Gasteiger partial charge >= 0.3 is 5.97 Å². The van der Waals surface area contributed by atoms with E-state index in [4.69, 9.17) is 14.2 Å². The van der Waals surface area contributed by atoms with Crippen LogP contribution in [0.4, 0.5) is 0 Å². The summed E-state index contributed by atoms with van der Waals surface area (Å²) in [6, 6.07) is 3.92. The van der Waals surface area contributed by atoms with E-state index in [1.54, 1.807) is 6.92 Å². The van der Waals surface area contributed by atoms with Gasteiger partial charge in [0.05, 0.1) is 6.61 Å². The fourth-order valence-electron chi connectivity index (χ4n) is 1.77. The molecule has 1 heterocycles. The van der Waals surface area contributed by atoms with Gasteiger partial charge in [0, 0.05) is 0 Å². The third kappa shape index (κ3) is 2.20. The maximum atomic E-state index is 11.6. The monoisotopic (exact) mass is 236 g/mol. The van der Waals surface area contributed by atoms with Crippen LogP contribution in [0.15, 0.2) is 12.1 Å². The maximum Gasteiger partial charge on any atom is 0.350 e. The van der Waals surface area contributed by atoms with Gasteiger partial charge in [0.25, 0.3) is 0 Å². The first-order valence-corrected chi connectivity index (χ1v) is 5.69. The third-order valence-corrected chi connectivity index (χ3v) is 2.69. The van der Waals surface area contributed by atoms with Crippen LogP contribution in [0.25, 0.3) is 0 Å². The van der Waals surface area contributed by atoms with Gasteiger partial charge in [-0.15, -0.1) is 0 Å². The standard InChI is InChI=1S/C13H16O4/c1-4-15-13(14)10-7-16-11-8(2)5-6-9(3)12(11)17-10/h5-6,10H,4,7H2,1-3H3/t10-/m0/s1. The summed E-state index contributed by atoms with van der Waals surface area (Å²) >= 11 is 0. The van der Waals surface area contributed by atoms with Crippen molar-refractivity contribution in [3.8, 4) is 11.5 Å². The van der Waals surface area contributed by atoms with Gasteiger partial charge in [0.15, 0.2) is 11.5 Å². The van der Waals surface area contributed by atoms with Crippen molar-refractivity contribution in [3.05, 3.63) is 23.3 Å². The first-order chi connectivity index (χ1) is 8.13. The molecule has 0 unspecified atom stereocenters. The quantitative estimate of drug-likeness (QED) is 0.737. The molecule has 1 aliphatic heterocycles. The molecule has 0 fully saturated rings. The molecule has 0 N–H and O–H groups in total. The summed E-state index contributed by atoms with van der Waals surface area (Å²) in [5, 5.41) is 0. The smallest absolute Gasteiger partial charge is 0.350 e. The summed E-state index contributed by atoms with van der Waals surface area (Å²) in [4.78, 5) is 11.6. The SMILES string of the molecule is CCOC(=O)[C@@H]1COc2c(C)ccc(C)c2O1. The lowest BCUT2D eigenvalue weighted by atomic mass is 10.1. The fourth-order valence-corrected chi connectivity index (χ4v) is 1.77. The van der Waals surface area contributed by atoms with Gasteiger partial charge in [-0.1, -0.05) is 12.1 Å². The van der Waals surface area contributed by atoms with Crippen molar-refractivity contribution in [2.24, 2.45) is 0 Å². The van der Waals surface area contributed by atoms with Crippen molar-refractivity contribution in [1.82, 2.24) is 0 Å². The van der Waals surface area contributed by atoms with Crippen molar-refractivity contribution in [3.63, 3.8) is 0 Å². The molecule has 0 bridgehead atoms. The molecule has 17 heavy (non-hydrogen) atoms. The minimum absolute atomic E-state index is 0.204. The summed E-state index contributed by atoms with van der Waals surface area (Å²) < 4.78 is 16.2. The zero-order valence-corrected chi connectivity index (χ0v) is 10.3. The van der Waals surface area contributed by atoms with Crippen LogP contribution in [0.3, 0.4) is 0 Å². The lowest BCUT2D eigenvalue weighted by molar-refractivity contribution is -0.154. The molecular weight excluding hydrogens is 220 g/mol. The normalized spacial score (nSPS) is 17.7. The fraction of sp³-hybridized carbons (Fsp3) is 0.462. The average molecular weight is 236 g/mol. The molecule has 4 heteroatoms. The number of aryl methyl sites for hydroxylation is 2. The Morgan fingerprint density at radius 2 is 2.00 bits per heavy atom. The lowest BCUT2D eigenvalue weighted by Crippen LogP contribution is -2.38. The Morgan fingerprint density at radius 3 is 2.65 bits per heavy atom. The highest BCUT2D eigenvalue weighted by molar-refractivity contribution is 5.76. The minimum atomic E-state index is -0.664. The summed E-state index contributed by atoms with van der Waals surface area (Å²) in [5.41, 5.74) is 1.97. The van der Waals surface area contributed by atoms with Crippen LogP contribution < -0.4 is 9.47 Å². The Kier molecular flexibility index (Phi) is 3.22. The van der Waals surface area contributed by atoms with Crippen molar-refractivity contribution in [1.29, 1.82) is 0 Å². The Labute approximate surface area is 100 Å². The number of rotatable bonds is 2. The van der Waals surface area contributed by atoms with Crippen molar-refractivity contribution in [2.45, 2.75) is 26.9 Å². The Hall–Kier alpha value is -1.71. The second-order valence-corrected chi connectivity index (χ2v) is 4.03. The third-order valence-electron chi connectivity index (χ3n) is 2.69. The molecule has 2 rings (SSSR count). The number of esters is 1. The highest BCUT2D eigenvalue weighted by atomic mass is 16.6. The van der Waals surface area contributed by atoms with Gasteiger partial charge in [-0.2, -0.15) is 0 Å². The number of carbonyl (C=O) groups excluding carboxylic acids is 1. The molecule has 0 saturated carbocycles. The summed E-state index contributed by atoms with van der Waals surface area (Å²) in [7, 11) is 0. The number of ether oxygens (including phenoxy) is 3. The maximum absolute atomic E-state index is 11.6. The van der Waals surface area contributed by atoms with E-state index in [0.717, 1.165) is 16.9 Å². The molecule has 4 nitrogen and oxygen atoms in total. The topological polar surface area (TPSA) is 44.8 Å². The molecule has 1 aromatic rings. The predicted octanol–water partition coefficient (Wildman–Crippen LogP) is 2.01. The van der Waals surface area contributed by atoms with E-state index in [1.807, 2.05) is 26.0 Å². The van der Waals surface area contributed by atoms with Crippen LogP contribution in [-0.2, 0) is 9.53 Å². The van der Waals surface area contributed by atoms with Crippen LogP contribution in [0.1, 0.15) is 18.1 Å². The van der Waals surface area contributed by atoms with Crippen LogP contribution in [0.2, 0.25) is 0 Å². The molecule has 0 radical (unpaired) electrons. The summed E-state index contributed by atoms with van der Waals surface area (Å²) in [6.45, 7) is 6.20. The van der Waals surface area contributed by atoms with Crippen LogP contribution in [-0.4, -0.2) is 25.3 Å². The molecule has 1 aromatic carbocycles. The zero-order chi connectivity index (χ0) is 12.4. The Balaban J connectivity index is 2.24. The van der Waals surface area contributed by atoms with E-state index in [0.29, 0.717) is 12.4 Å². The van der Waals surface area contributed by atoms with Crippen LogP contribution in [0.5, 0.6) is 11.5 Å². The minimum Gasteiger partial charge on any atom is -0.485 e. The molecule has 0 spiro atoms. The first kappa shape index (κ1) is 11.8. The van der Waals surface area contributed by atoms with E-state index < -0.39 is 6.10 Å². The number of fused-ring (bicyclic) bond motifs is 1. The van der Waals surface area contributed by atoms with Gasteiger partial charge in [0.2, 0.25) is 6.10 Å². The van der Waals surface area contributed by atoms with Crippen LogP contribution >= 0.6 is 0 Å². The number of benzene rings is 1. The summed E-state index contributed by atoms with van der Waals surface area (Å²) in [5.74, 6) is 0.999. The van der Waals surface area contributed by atoms with Gasteiger partial charge in [-0.05, 0) is 31.9 Å². The molecule has 0 amide bonds. The molecular formula is C13H16O4. The van der Waals surface area contributed by atoms with Crippen molar-refractivity contribution >= 4 is 5.97 Å². The highest BCUT2D eigenvalue weighted by Gasteiger charge is 2.30. The predicted molar refractivity (Wildman–Crippen MR) is 62.5 cm³/mol. The second kappa shape index (κ2) is 4.65. The van der Waals surface area contributed by atoms with Gasteiger partial charge in [0.1, 0.15) is 6.61 Å². The molecule has 0 saturated heterocycles. The largest absolute Gasteiger partial charge is 0.485 e. The molecule has 0 aliphatic carbocycles. The molecule has 92 valence electrons. The highest BCUT2D eigenvalue weighted by Crippen LogP contribution is 2.37. The first-order valence-electron chi connectivity index (χ1n) is 5.69.